The van der Waals surface area contributed by atoms with Crippen LogP contribution in [0.5, 0.6) is 0 Å². The van der Waals surface area contributed by atoms with Gasteiger partial charge in [0.05, 0.1) is 0 Å². The van der Waals surface area contributed by atoms with Crippen molar-refractivity contribution in [1.29, 1.82) is 0 Å². The molecule has 0 aliphatic carbocycles. The summed E-state index contributed by atoms with van der Waals surface area (Å²) in [5.41, 5.74) is 0.893. The molecule has 0 aliphatic heterocycles. The van der Waals surface area contributed by atoms with Crippen molar-refractivity contribution in [2.75, 3.05) is 0 Å². The lowest BCUT2D eigenvalue weighted by Gasteiger charge is -1.91. The molecule has 0 fully saturated rings. The van der Waals surface area contributed by atoms with E-state index < -0.39 is 0 Å². The Hall–Kier alpha value is -2.04. The van der Waals surface area contributed by atoms with Crippen molar-refractivity contribution in [2.45, 2.75) is 6.54 Å². The fourth-order valence-electron chi connectivity index (χ4n) is 1.09. The minimum Gasteiger partial charge on any atom is -0.301 e. The van der Waals surface area contributed by atoms with Gasteiger partial charge in [0.2, 0.25) is 5.82 Å². The molecule has 0 saturated carbocycles. The molecule has 0 bridgehead atoms. The average molecular weight is 188 g/mol. The van der Waals surface area contributed by atoms with Crippen molar-refractivity contribution in [1.82, 2.24) is 20.2 Å². The Bertz CT molecular complexity index is 423. The molecule has 5 heteroatoms. The highest BCUT2D eigenvalue weighted by Crippen LogP contribution is 2.11. The van der Waals surface area contributed by atoms with E-state index in [1.54, 1.807) is 0 Å². The molecule has 2 aromatic rings. The summed E-state index contributed by atoms with van der Waals surface area (Å²) < 4.78 is 0. The van der Waals surface area contributed by atoms with Crippen molar-refractivity contribution in [3.63, 3.8) is 0 Å². The third-order valence-electron chi connectivity index (χ3n) is 1.72. The molecule has 0 atom stereocenters. The van der Waals surface area contributed by atoms with Gasteiger partial charge in [0.25, 0.3) is 0 Å². The predicted octanol–water partition coefficient (Wildman–Crippen LogP) is 0.539. The summed E-state index contributed by atoms with van der Waals surface area (Å²) >= 11 is 0. The average Bonchev–Trinajstić information content (AvgIpc) is 2.68. The maximum absolute atomic E-state index is 10.2. The Kier molecular flexibility index (Phi) is 2.31. The standard InChI is InChI=1S/C9H8N4O/c14-7-6-13-11-9(10-12-13)8-4-2-1-3-5-8/h1-5,7H,6H2. The van der Waals surface area contributed by atoms with Crippen LogP contribution >= 0.6 is 0 Å². The molecule has 0 N–H and O–H groups in total. The van der Waals surface area contributed by atoms with Crippen molar-refractivity contribution >= 4 is 6.29 Å². The number of rotatable bonds is 3. The predicted molar refractivity (Wildman–Crippen MR) is 49.3 cm³/mol. The second-order valence-corrected chi connectivity index (χ2v) is 2.70. The molecule has 2 rings (SSSR count). The number of carbonyl (C=O) groups is 1. The van der Waals surface area contributed by atoms with Crippen LogP contribution in [0.4, 0.5) is 0 Å². The first-order valence-electron chi connectivity index (χ1n) is 4.17. The maximum atomic E-state index is 10.2. The fourth-order valence-corrected chi connectivity index (χ4v) is 1.09. The van der Waals surface area contributed by atoms with Crippen LogP contribution in [0.3, 0.4) is 0 Å². The molecule has 0 amide bonds. The van der Waals surface area contributed by atoms with E-state index in [0.717, 1.165) is 11.8 Å². The van der Waals surface area contributed by atoms with Crippen LogP contribution in [0, 0.1) is 0 Å². The van der Waals surface area contributed by atoms with Gasteiger partial charge in [-0.1, -0.05) is 30.3 Å². The van der Waals surface area contributed by atoms with E-state index in [1.807, 2.05) is 30.3 Å². The highest BCUT2D eigenvalue weighted by molar-refractivity contribution is 5.53. The Morgan fingerprint density at radius 1 is 1.29 bits per heavy atom. The Balaban J connectivity index is 2.29. The van der Waals surface area contributed by atoms with Gasteiger partial charge in [-0.25, -0.2) is 0 Å². The Labute approximate surface area is 80.4 Å². The summed E-state index contributed by atoms with van der Waals surface area (Å²) in [6.45, 7) is 0.139. The molecule has 14 heavy (non-hydrogen) atoms. The van der Waals surface area contributed by atoms with Gasteiger partial charge in [0.1, 0.15) is 12.8 Å². The first-order chi connectivity index (χ1) is 6.90. The van der Waals surface area contributed by atoms with E-state index >= 15 is 0 Å². The number of tetrazole rings is 1. The Morgan fingerprint density at radius 2 is 2.07 bits per heavy atom. The third-order valence-corrected chi connectivity index (χ3v) is 1.72. The zero-order valence-corrected chi connectivity index (χ0v) is 7.37. The molecule has 0 spiro atoms. The number of carbonyl (C=O) groups excluding carboxylic acids is 1. The van der Waals surface area contributed by atoms with Gasteiger partial charge in [-0.3, -0.25) is 0 Å². The van der Waals surface area contributed by atoms with E-state index in [4.69, 9.17) is 0 Å². The normalized spacial score (nSPS) is 10.0. The van der Waals surface area contributed by atoms with Gasteiger partial charge in [-0.05, 0) is 5.21 Å². The van der Waals surface area contributed by atoms with Gasteiger partial charge in [-0.15, -0.1) is 10.2 Å². The van der Waals surface area contributed by atoms with Crippen molar-refractivity contribution in [2.24, 2.45) is 0 Å². The minimum atomic E-state index is 0.139. The smallest absolute Gasteiger partial charge is 0.204 e. The second kappa shape index (κ2) is 3.78. The lowest BCUT2D eigenvalue weighted by atomic mass is 10.2. The zero-order chi connectivity index (χ0) is 9.80. The number of benzene rings is 1. The second-order valence-electron chi connectivity index (χ2n) is 2.70. The lowest BCUT2D eigenvalue weighted by Crippen LogP contribution is -2.02. The molecule has 0 saturated heterocycles. The first-order valence-corrected chi connectivity index (χ1v) is 4.17. The zero-order valence-electron chi connectivity index (χ0n) is 7.37. The molecule has 1 aromatic heterocycles. The molecular weight excluding hydrogens is 180 g/mol. The molecule has 5 nitrogen and oxygen atoms in total. The van der Waals surface area contributed by atoms with Crippen LogP contribution in [0.2, 0.25) is 0 Å². The topological polar surface area (TPSA) is 60.7 Å². The van der Waals surface area contributed by atoms with Gasteiger partial charge in [0.15, 0.2) is 0 Å². The fraction of sp³-hybridized carbons (Fsp3) is 0.111. The van der Waals surface area contributed by atoms with Crippen molar-refractivity contribution in [3.05, 3.63) is 30.3 Å². The van der Waals surface area contributed by atoms with Crippen LogP contribution in [0.25, 0.3) is 11.4 Å². The summed E-state index contributed by atoms with van der Waals surface area (Å²) in [6, 6.07) is 9.50. The highest BCUT2D eigenvalue weighted by Gasteiger charge is 2.03. The number of aldehydes is 1. The summed E-state index contributed by atoms with van der Waals surface area (Å²) in [7, 11) is 0. The SMILES string of the molecule is O=CCn1nnc(-c2ccccc2)n1. The van der Waals surface area contributed by atoms with Crippen molar-refractivity contribution in [3.8, 4) is 11.4 Å². The largest absolute Gasteiger partial charge is 0.301 e. The molecule has 1 aromatic carbocycles. The van der Waals surface area contributed by atoms with Crippen molar-refractivity contribution < 1.29 is 4.79 Å². The summed E-state index contributed by atoms with van der Waals surface area (Å²) in [6.07, 6.45) is 0.733. The Morgan fingerprint density at radius 3 is 2.79 bits per heavy atom. The first kappa shape index (κ1) is 8.55. The monoisotopic (exact) mass is 188 g/mol. The van der Waals surface area contributed by atoms with Gasteiger partial charge >= 0.3 is 0 Å². The summed E-state index contributed by atoms with van der Waals surface area (Å²) in [4.78, 5) is 11.5. The van der Waals surface area contributed by atoms with E-state index in [0.29, 0.717) is 5.82 Å². The number of hydrogen-bond acceptors (Lipinski definition) is 4. The lowest BCUT2D eigenvalue weighted by molar-refractivity contribution is -0.108. The van der Waals surface area contributed by atoms with Crippen LogP contribution in [-0.2, 0) is 11.3 Å². The summed E-state index contributed by atoms with van der Waals surface area (Å²) in [5, 5.41) is 11.6. The third kappa shape index (κ3) is 1.66. The van der Waals surface area contributed by atoms with E-state index in [1.165, 1.54) is 4.80 Å². The highest BCUT2D eigenvalue weighted by atomic mass is 16.1. The van der Waals surface area contributed by atoms with E-state index in [-0.39, 0.29) is 6.54 Å². The van der Waals surface area contributed by atoms with E-state index in [9.17, 15) is 4.79 Å². The van der Waals surface area contributed by atoms with Gasteiger partial charge < -0.3 is 4.79 Å². The number of hydrogen-bond donors (Lipinski definition) is 0. The maximum Gasteiger partial charge on any atom is 0.204 e. The molecule has 0 unspecified atom stereocenters. The van der Waals surface area contributed by atoms with Crippen LogP contribution < -0.4 is 0 Å². The van der Waals surface area contributed by atoms with Crippen LogP contribution in [0.15, 0.2) is 30.3 Å². The van der Waals surface area contributed by atoms with Gasteiger partial charge in [-0.2, -0.15) is 4.80 Å². The molecule has 70 valence electrons. The molecule has 1 heterocycles. The molecular formula is C9H8N4O. The number of aromatic nitrogens is 4. The summed E-state index contributed by atoms with van der Waals surface area (Å²) in [5.74, 6) is 0.535. The minimum absolute atomic E-state index is 0.139. The van der Waals surface area contributed by atoms with Crippen LogP contribution in [-0.4, -0.2) is 26.5 Å². The molecule has 0 aliphatic rings. The number of nitrogens with zero attached hydrogens (tertiary/aromatic N) is 4. The quantitative estimate of drug-likeness (QED) is 0.659. The van der Waals surface area contributed by atoms with Gasteiger partial charge in [0, 0.05) is 5.56 Å². The van der Waals surface area contributed by atoms with Crippen LogP contribution in [0.1, 0.15) is 0 Å². The van der Waals surface area contributed by atoms with E-state index in [2.05, 4.69) is 15.4 Å². The molecule has 0 radical (unpaired) electrons.